The number of methoxy groups -OCH3 is 1. The number of hydrogen-bond acceptors (Lipinski definition) is 3. The van der Waals surface area contributed by atoms with E-state index in [1.54, 1.807) is 7.11 Å². The number of rotatable bonds is 8. The van der Waals surface area contributed by atoms with Gasteiger partial charge in [0, 0.05) is 17.2 Å². The van der Waals surface area contributed by atoms with Gasteiger partial charge in [0.1, 0.15) is 5.75 Å². The Labute approximate surface area is 114 Å². The fourth-order valence-corrected chi connectivity index (χ4v) is 1.97. The molecule has 1 N–H and O–H groups in total. The van der Waals surface area contributed by atoms with Crippen LogP contribution in [-0.2, 0) is 4.74 Å². The SMILES string of the molecule is CCCNC(COCC)c1cc(Cl)ccc1OC. The first kappa shape index (κ1) is 15.3. The zero-order valence-corrected chi connectivity index (χ0v) is 12.1. The van der Waals surface area contributed by atoms with Crippen molar-refractivity contribution in [1.82, 2.24) is 5.32 Å². The molecule has 0 saturated carbocycles. The van der Waals surface area contributed by atoms with Crippen molar-refractivity contribution in [3.8, 4) is 5.75 Å². The van der Waals surface area contributed by atoms with Crippen LogP contribution in [0.15, 0.2) is 18.2 Å². The molecule has 0 aliphatic carbocycles. The minimum Gasteiger partial charge on any atom is -0.496 e. The third-order valence-electron chi connectivity index (χ3n) is 2.70. The topological polar surface area (TPSA) is 30.5 Å². The van der Waals surface area contributed by atoms with E-state index in [1.165, 1.54) is 0 Å². The molecule has 1 unspecified atom stereocenters. The highest BCUT2D eigenvalue weighted by Gasteiger charge is 2.16. The van der Waals surface area contributed by atoms with Crippen LogP contribution in [0.25, 0.3) is 0 Å². The Morgan fingerprint density at radius 3 is 2.72 bits per heavy atom. The molecule has 1 atom stereocenters. The molecular formula is C14H22ClNO2. The molecule has 1 aromatic carbocycles. The van der Waals surface area contributed by atoms with Gasteiger partial charge in [0.2, 0.25) is 0 Å². The predicted octanol–water partition coefficient (Wildman–Crippen LogP) is 3.43. The van der Waals surface area contributed by atoms with Crippen molar-refractivity contribution in [3.63, 3.8) is 0 Å². The average molecular weight is 272 g/mol. The third-order valence-corrected chi connectivity index (χ3v) is 2.93. The van der Waals surface area contributed by atoms with Gasteiger partial charge < -0.3 is 14.8 Å². The molecule has 0 aliphatic rings. The van der Waals surface area contributed by atoms with Crippen molar-refractivity contribution in [2.75, 3.05) is 26.9 Å². The van der Waals surface area contributed by atoms with Crippen molar-refractivity contribution in [2.24, 2.45) is 0 Å². The molecule has 0 radical (unpaired) electrons. The maximum atomic E-state index is 6.06. The highest BCUT2D eigenvalue weighted by Crippen LogP contribution is 2.28. The van der Waals surface area contributed by atoms with E-state index in [4.69, 9.17) is 21.1 Å². The van der Waals surface area contributed by atoms with Gasteiger partial charge in [-0.3, -0.25) is 0 Å². The lowest BCUT2D eigenvalue weighted by atomic mass is 10.1. The van der Waals surface area contributed by atoms with E-state index >= 15 is 0 Å². The van der Waals surface area contributed by atoms with Crippen LogP contribution in [0.1, 0.15) is 31.9 Å². The van der Waals surface area contributed by atoms with Gasteiger partial charge in [-0.15, -0.1) is 0 Å². The Kier molecular flexibility index (Phi) is 7.09. The average Bonchev–Trinajstić information content (AvgIpc) is 2.39. The lowest BCUT2D eigenvalue weighted by molar-refractivity contribution is 0.122. The standard InChI is InChI=1S/C14H22ClNO2/c1-4-8-16-13(10-18-5-2)12-9-11(15)6-7-14(12)17-3/h6-7,9,13,16H,4-5,8,10H2,1-3H3. The molecule has 102 valence electrons. The number of nitrogens with one attached hydrogen (secondary N) is 1. The molecule has 3 nitrogen and oxygen atoms in total. The van der Waals surface area contributed by atoms with Crippen molar-refractivity contribution >= 4 is 11.6 Å². The van der Waals surface area contributed by atoms with Gasteiger partial charge in [-0.25, -0.2) is 0 Å². The Morgan fingerprint density at radius 2 is 2.11 bits per heavy atom. The summed E-state index contributed by atoms with van der Waals surface area (Å²) in [6, 6.07) is 5.77. The van der Waals surface area contributed by atoms with Crippen LogP contribution < -0.4 is 10.1 Å². The van der Waals surface area contributed by atoms with Crippen molar-refractivity contribution in [1.29, 1.82) is 0 Å². The second-order valence-electron chi connectivity index (χ2n) is 4.05. The monoisotopic (exact) mass is 271 g/mol. The first-order chi connectivity index (χ1) is 8.72. The normalized spacial score (nSPS) is 12.4. The fraction of sp³-hybridized carbons (Fsp3) is 0.571. The van der Waals surface area contributed by atoms with E-state index in [9.17, 15) is 0 Å². The summed E-state index contributed by atoms with van der Waals surface area (Å²) in [6.07, 6.45) is 1.07. The van der Waals surface area contributed by atoms with E-state index in [2.05, 4.69) is 12.2 Å². The lowest BCUT2D eigenvalue weighted by Gasteiger charge is -2.21. The van der Waals surface area contributed by atoms with Crippen LogP contribution in [0.2, 0.25) is 5.02 Å². The van der Waals surface area contributed by atoms with Crippen LogP contribution >= 0.6 is 11.6 Å². The molecule has 0 heterocycles. The molecule has 0 bridgehead atoms. The van der Waals surface area contributed by atoms with Crippen LogP contribution in [0, 0.1) is 0 Å². The van der Waals surface area contributed by atoms with Gasteiger partial charge in [-0.1, -0.05) is 18.5 Å². The minimum atomic E-state index is 0.110. The summed E-state index contributed by atoms with van der Waals surface area (Å²) in [6.45, 7) is 6.39. The quantitative estimate of drug-likeness (QED) is 0.786. The third kappa shape index (κ3) is 4.48. The van der Waals surface area contributed by atoms with E-state index in [0.29, 0.717) is 18.2 Å². The highest BCUT2D eigenvalue weighted by atomic mass is 35.5. The Morgan fingerprint density at radius 1 is 1.33 bits per heavy atom. The van der Waals surface area contributed by atoms with E-state index in [0.717, 1.165) is 24.3 Å². The molecule has 0 saturated heterocycles. The van der Waals surface area contributed by atoms with Gasteiger partial charge >= 0.3 is 0 Å². The van der Waals surface area contributed by atoms with Gasteiger partial charge in [0.25, 0.3) is 0 Å². The first-order valence-electron chi connectivity index (χ1n) is 6.37. The minimum absolute atomic E-state index is 0.110. The molecule has 0 spiro atoms. The zero-order valence-electron chi connectivity index (χ0n) is 11.3. The largest absolute Gasteiger partial charge is 0.496 e. The molecule has 1 aromatic rings. The van der Waals surface area contributed by atoms with Crippen LogP contribution in [0.5, 0.6) is 5.75 Å². The summed E-state index contributed by atoms with van der Waals surface area (Å²) in [5, 5.41) is 4.17. The molecule has 4 heteroatoms. The van der Waals surface area contributed by atoms with Gasteiger partial charge in [-0.05, 0) is 38.1 Å². The van der Waals surface area contributed by atoms with Gasteiger partial charge in [0.15, 0.2) is 0 Å². The Hall–Kier alpha value is -0.770. The van der Waals surface area contributed by atoms with Crippen LogP contribution in [0.3, 0.4) is 0 Å². The Bertz CT molecular complexity index is 350. The summed E-state index contributed by atoms with van der Waals surface area (Å²) >= 11 is 6.06. The number of hydrogen-bond donors (Lipinski definition) is 1. The molecule has 0 fully saturated rings. The van der Waals surface area contributed by atoms with Gasteiger partial charge in [-0.2, -0.15) is 0 Å². The lowest BCUT2D eigenvalue weighted by Crippen LogP contribution is -2.26. The summed E-state index contributed by atoms with van der Waals surface area (Å²) in [5.41, 5.74) is 1.05. The maximum absolute atomic E-state index is 6.06. The Balaban J connectivity index is 2.90. The van der Waals surface area contributed by atoms with E-state index < -0.39 is 0 Å². The van der Waals surface area contributed by atoms with Crippen molar-refractivity contribution in [3.05, 3.63) is 28.8 Å². The second-order valence-corrected chi connectivity index (χ2v) is 4.49. The fourth-order valence-electron chi connectivity index (χ4n) is 1.79. The van der Waals surface area contributed by atoms with Crippen LogP contribution in [-0.4, -0.2) is 26.9 Å². The molecule has 0 aromatic heterocycles. The maximum Gasteiger partial charge on any atom is 0.123 e. The summed E-state index contributed by atoms with van der Waals surface area (Å²) in [7, 11) is 1.67. The van der Waals surface area contributed by atoms with Gasteiger partial charge in [0.05, 0.1) is 19.8 Å². The van der Waals surface area contributed by atoms with Crippen LogP contribution in [0.4, 0.5) is 0 Å². The summed E-state index contributed by atoms with van der Waals surface area (Å²) in [4.78, 5) is 0. The number of ether oxygens (including phenoxy) is 2. The molecular weight excluding hydrogens is 250 g/mol. The highest BCUT2D eigenvalue weighted by molar-refractivity contribution is 6.30. The number of benzene rings is 1. The first-order valence-corrected chi connectivity index (χ1v) is 6.75. The van der Waals surface area contributed by atoms with Crippen molar-refractivity contribution in [2.45, 2.75) is 26.3 Å². The number of halogens is 1. The predicted molar refractivity (Wildman–Crippen MR) is 75.5 cm³/mol. The molecule has 1 rings (SSSR count). The molecule has 18 heavy (non-hydrogen) atoms. The van der Waals surface area contributed by atoms with Crippen molar-refractivity contribution < 1.29 is 9.47 Å². The zero-order chi connectivity index (χ0) is 13.4. The smallest absolute Gasteiger partial charge is 0.123 e. The molecule has 0 amide bonds. The second kappa shape index (κ2) is 8.35. The van der Waals surface area contributed by atoms with E-state index in [1.807, 2.05) is 25.1 Å². The van der Waals surface area contributed by atoms with E-state index in [-0.39, 0.29) is 6.04 Å². The molecule has 0 aliphatic heterocycles. The summed E-state index contributed by atoms with van der Waals surface area (Å²) < 4.78 is 10.9. The summed E-state index contributed by atoms with van der Waals surface area (Å²) in [5.74, 6) is 0.840.